The van der Waals surface area contributed by atoms with Crippen LogP contribution in [-0.2, 0) is 19.1 Å². The Bertz CT molecular complexity index is 774. The van der Waals surface area contributed by atoms with Crippen molar-refractivity contribution >= 4 is 35.2 Å². The van der Waals surface area contributed by atoms with E-state index >= 15 is 0 Å². The zero-order chi connectivity index (χ0) is 20.0. The Balaban J connectivity index is 1.84. The van der Waals surface area contributed by atoms with Crippen molar-refractivity contribution in [2.45, 2.75) is 37.6 Å². The standard InChI is InChI=1S/C19H23N3O4S/c1-13(2)19(3,12-20)21-16(23)10-26-18(25)8-9-22-14-6-4-5-7-15(14)27-11-17(22)24/h4-7,13H,8-11H2,1-3H3,(H,21,23)/t19-/m1/s1. The first-order valence-corrected chi connectivity index (χ1v) is 9.65. The van der Waals surface area contributed by atoms with E-state index in [1.54, 1.807) is 11.8 Å². The Morgan fingerprint density at radius 3 is 2.78 bits per heavy atom. The van der Waals surface area contributed by atoms with E-state index in [9.17, 15) is 19.6 Å². The average Bonchev–Trinajstić information content (AvgIpc) is 2.65. The molecule has 1 aromatic rings. The smallest absolute Gasteiger partial charge is 0.308 e. The summed E-state index contributed by atoms with van der Waals surface area (Å²) in [5.74, 6) is -0.930. The normalized spacial score (nSPS) is 15.5. The zero-order valence-corrected chi connectivity index (χ0v) is 16.5. The monoisotopic (exact) mass is 389 g/mol. The minimum absolute atomic E-state index is 0.0162. The van der Waals surface area contributed by atoms with E-state index < -0.39 is 24.0 Å². The van der Waals surface area contributed by atoms with Crippen LogP contribution in [0.15, 0.2) is 29.2 Å². The molecule has 1 aliphatic rings. The van der Waals surface area contributed by atoms with Gasteiger partial charge in [0, 0.05) is 11.4 Å². The molecule has 0 saturated heterocycles. The maximum Gasteiger partial charge on any atom is 0.308 e. The molecule has 8 heteroatoms. The Labute approximate surface area is 163 Å². The lowest BCUT2D eigenvalue weighted by Gasteiger charge is -2.28. The van der Waals surface area contributed by atoms with Crippen LogP contribution < -0.4 is 10.2 Å². The summed E-state index contributed by atoms with van der Waals surface area (Å²) in [6.45, 7) is 5.00. The van der Waals surface area contributed by atoms with Crippen molar-refractivity contribution in [3.63, 3.8) is 0 Å². The largest absolute Gasteiger partial charge is 0.456 e. The van der Waals surface area contributed by atoms with Crippen molar-refractivity contribution in [1.29, 1.82) is 5.26 Å². The molecule has 1 aromatic carbocycles. The van der Waals surface area contributed by atoms with Crippen LogP contribution in [0.5, 0.6) is 0 Å². The lowest BCUT2D eigenvalue weighted by molar-refractivity contribution is -0.148. The lowest BCUT2D eigenvalue weighted by atomic mass is 9.90. The van der Waals surface area contributed by atoms with Gasteiger partial charge in [-0.05, 0) is 25.0 Å². The Kier molecular flexibility index (Phi) is 6.86. The van der Waals surface area contributed by atoms with Crippen molar-refractivity contribution in [3.8, 4) is 6.07 Å². The molecule has 7 nitrogen and oxygen atoms in total. The Hall–Kier alpha value is -2.53. The molecule has 1 heterocycles. The highest BCUT2D eigenvalue weighted by molar-refractivity contribution is 8.00. The summed E-state index contributed by atoms with van der Waals surface area (Å²) >= 11 is 1.47. The number of hydrogen-bond donors (Lipinski definition) is 1. The third-order valence-corrected chi connectivity index (χ3v) is 5.55. The number of nitrogens with one attached hydrogen (secondary N) is 1. The number of benzene rings is 1. The molecule has 1 atom stereocenters. The lowest BCUT2D eigenvalue weighted by Crippen LogP contribution is -2.50. The van der Waals surface area contributed by atoms with Crippen molar-refractivity contribution in [3.05, 3.63) is 24.3 Å². The third kappa shape index (κ3) is 5.23. The maximum atomic E-state index is 12.1. The SMILES string of the molecule is CC(C)[C@@](C)(C#N)NC(=O)COC(=O)CCN1C(=O)CSc2ccccc21. The molecular weight excluding hydrogens is 366 g/mol. The van der Waals surface area contributed by atoms with Gasteiger partial charge in [-0.25, -0.2) is 0 Å². The molecule has 0 unspecified atom stereocenters. The molecule has 0 radical (unpaired) electrons. The number of fused-ring (bicyclic) bond motifs is 1. The summed E-state index contributed by atoms with van der Waals surface area (Å²) in [4.78, 5) is 38.6. The van der Waals surface area contributed by atoms with Crippen LogP contribution in [0.3, 0.4) is 0 Å². The number of carbonyl (C=O) groups is 3. The van der Waals surface area contributed by atoms with Crippen LogP contribution >= 0.6 is 11.8 Å². The number of nitrogens with zero attached hydrogens (tertiary/aromatic N) is 2. The average molecular weight is 389 g/mol. The first kappa shape index (κ1) is 20.8. The van der Waals surface area contributed by atoms with Gasteiger partial charge >= 0.3 is 5.97 Å². The van der Waals surface area contributed by atoms with Gasteiger partial charge < -0.3 is 15.0 Å². The van der Waals surface area contributed by atoms with E-state index in [1.165, 1.54) is 11.8 Å². The number of ether oxygens (including phenoxy) is 1. The number of carbonyl (C=O) groups excluding carboxylic acids is 3. The molecule has 2 amide bonds. The van der Waals surface area contributed by atoms with Crippen LogP contribution in [0.4, 0.5) is 5.69 Å². The number of amides is 2. The van der Waals surface area contributed by atoms with E-state index in [0.717, 1.165) is 10.6 Å². The molecule has 1 N–H and O–H groups in total. The molecule has 0 bridgehead atoms. The molecule has 0 saturated carbocycles. The minimum Gasteiger partial charge on any atom is -0.456 e. The summed E-state index contributed by atoms with van der Waals surface area (Å²) in [7, 11) is 0. The number of anilines is 1. The van der Waals surface area contributed by atoms with E-state index in [4.69, 9.17) is 4.74 Å². The number of hydrogen-bond acceptors (Lipinski definition) is 6. The quantitative estimate of drug-likeness (QED) is 0.717. The fourth-order valence-electron chi connectivity index (χ4n) is 2.45. The Morgan fingerprint density at radius 2 is 2.11 bits per heavy atom. The molecule has 0 spiro atoms. The summed E-state index contributed by atoms with van der Waals surface area (Å²) in [6, 6.07) is 9.58. The molecule has 1 aliphatic heterocycles. The molecule has 0 fully saturated rings. The van der Waals surface area contributed by atoms with Gasteiger partial charge in [-0.2, -0.15) is 5.26 Å². The van der Waals surface area contributed by atoms with Crippen LogP contribution in [-0.4, -0.2) is 42.2 Å². The van der Waals surface area contributed by atoms with Crippen LogP contribution in [0.2, 0.25) is 0 Å². The predicted octanol–water partition coefficient (Wildman–Crippen LogP) is 2.11. The van der Waals surface area contributed by atoms with Gasteiger partial charge in [0.15, 0.2) is 6.61 Å². The second-order valence-electron chi connectivity index (χ2n) is 6.73. The molecule has 2 rings (SSSR count). The second kappa shape index (κ2) is 8.91. The first-order chi connectivity index (χ1) is 12.8. The highest BCUT2D eigenvalue weighted by Crippen LogP contribution is 2.34. The van der Waals surface area contributed by atoms with Gasteiger partial charge in [-0.3, -0.25) is 14.4 Å². The first-order valence-electron chi connectivity index (χ1n) is 8.67. The van der Waals surface area contributed by atoms with Crippen LogP contribution in [0, 0.1) is 17.2 Å². The van der Waals surface area contributed by atoms with Crippen LogP contribution in [0.1, 0.15) is 27.2 Å². The topological polar surface area (TPSA) is 99.5 Å². The van der Waals surface area contributed by atoms with Gasteiger partial charge in [0.25, 0.3) is 5.91 Å². The van der Waals surface area contributed by atoms with Gasteiger partial charge in [0.2, 0.25) is 5.91 Å². The van der Waals surface area contributed by atoms with Gasteiger partial charge in [-0.1, -0.05) is 26.0 Å². The highest BCUT2D eigenvalue weighted by atomic mass is 32.2. The summed E-state index contributed by atoms with van der Waals surface area (Å²) < 4.78 is 4.98. The van der Waals surface area contributed by atoms with Crippen molar-refractivity contribution in [2.75, 3.05) is 23.8 Å². The molecular formula is C19H23N3O4S. The molecule has 0 aliphatic carbocycles. The highest BCUT2D eigenvalue weighted by Gasteiger charge is 2.30. The summed E-state index contributed by atoms with van der Waals surface area (Å²) in [5, 5.41) is 11.8. The van der Waals surface area contributed by atoms with E-state index in [2.05, 4.69) is 11.4 Å². The van der Waals surface area contributed by atoms with Crippen molar-refractivity contribution in [1.82, 2.24) is 5.32 Å². The number of thioether (sulfide) groups is 1. The number of nitriles is 1. The fourth-order valence-corrected chi connectivity index (χ4v) is 3.38. The van der Waals surface area contributed by atoms with Crippen LogP contribution in [0.25, 0.3) is 0 Å². The Morgan fingerprint density at radius 1 is 1.41 bits per heavy atom. The third-order valence-electron chi connectivity index (χ3n) is 4.50. The summed E-state index contributed by atoms with van der Waals surface area (Å²) in [6.07, 6.45) is -0.0162. The van der Waals surface area contributed by atoms with Gasteiger partial charge in [0.1, 0.15) is 5.54 Å². The number of rotatable bonds is 7. The minimum atomic E-state index is -1.02. The number of esters is 1. The van der Waals surface area contributed by atoms with Crippen molar-refractivity contribution < 1.29 is 19.1 Å². The van der Waals surface area contributed by atoms with Gasteiger partial charge in [0.05, 0.1) is 23.9 Å². The van der Waals surface area contributed by atoms with E-state index in [0.29, 0.717) is 5.75 Å². The molecule has 0 aromatic heterocycles. The summed E-state index contributed by atoms with van der Waals surface area (Å²) in [5.41, 5.74) is -0.239. The van der Waals surface area contributed by atoms with E-state index in [1.807, 2.05) is 38.1 Å². The predicted molar refractivity (Wildman–Crippen MR) is 102 cm³/mol. The molecule has 144 valence electrons. The fraction of sp³-hybridized carbons (Fsp3) is 0.474. The van der Waals surface area contributed by atoms with Gasteiger partial charge in [-0.15, -0.1) is 11.8 Å². The zero-order valence-electron chi connectivity index (χ0n) is 15.7. The van der Waals surface area contributed by atoms with Crippen molar-refractivity contribution in [2.24, 2.45) is 5.92 Å². The van der Waals surface area contributed by atoms with E-state index in [-0.39, 0.29) is 24.8 Å². The maximum absolute atomic E-state index is 12.1. The molecule has 27 heavy (non-hydrogen) atoms. The number of para-hydroxylation sites is 1. The second-order valence-corrected chi connectivity index (χ2v) is 7.75.